The van der Waals surface area contributed by atoms with E-state index in [4.69, 9.17) is 4.74 Å². The third-order valence-electron chi connectivity index (χ3n) is 9.02. The van der Waals surface area contributed by atoms with Crippen LogP contribution in [0.3, 0.4) is 0 Å². The van der Waals surface area contributed by atoms with E-state index < -0.39 is 28.5 Å². The fraction of sp³-hybridized carbons (Fsp3) is 0.350. The maximum atomic E-state index is 14.8. The highest BCUT2D eigenvalue weighted by atomic mass is 32.2. The van der Waals surface area contributed by atoms with Gasteiger partial charge in [-0.3, -0.25) is 13.9 Å². The number of nitrogens with one attached hydrogen (secondary N) is 1. The molecular weight excluding hydrogens is 635 g/mol. The van der Waals surface area contributed by atoms with Gasteiger partial charge in [-0.2, -0.15) is 0 Å². The maximum absolute atomic E-state index is 14.8. The van der Waals surface area contributed by atoms with E-state index in [0.717, 1.165) is 58.7 Å². The number of hydrogen-bond donors (Lipinski definition) is 1. The number of sulfonamides is 1. The molecule has 0 radical (unpaired) electrons. The molecule has 0 aliphatic heterocycles. The molecule has 2 amide bonds. The zero-order valence-corrected chi connectivity index (χ0v) is 29.5. The average molecular weight is 682 g/mol. The zero-order chi connectivity index (χ0) is 34.8. The van der Waals surface area contributed by atoms with Gasteiger partial charge in [-0.15, -0.1) is 0 Å². The molecule has 1 fully saturated rings. The van der Waals surface area contributed by atoms with Crippen LogP contribution in [-0.2, 0) is 32.6 Å². The Balaban J connectivity index is 1.59. The van der Waals surface area contributed by atoms with Crippen molar-refractivity contribution < 1.29 is 22.7 Å². The molecule has 1 N–H and O–H groups in total. The summed E-state index contributed by atoms with van der Waals surface area (Å²) in [4.78, 5) is 30.7. The van der Waals surface area contributed by atoms with Crippen LogP contribution in [0, 0.1) is 13.8 Å². The van der Waals surface area contributed by atoms with Gasteiger partial charge in [-0.1, -0.05) is 109 Å². The smallest absolute Gasteiger partial charge is 0.264 e. The van der Waals surface area contributed by atoms with Crippen LogP contribution in [0.5, 0.6) is 5.75 Å². The van der Waals surface area contributed by atoms with Gasteiger partial charge in [-0.05, 0) is 69.0 Å². The first-order valence-corrected chi connectivity index (χ1v) is 18.6. The van der Waals surface area contributed by atoms with E-state index in [1.807, 2.05) is 75.4 Å². The minimum Gasteiger partial charge on any atom is -0.492 e. The van der Waals surface area contributed by atoms with Crippen LogP contribution in [0.4, 0.5) is 5.69 Å². The third-order valence-corrected chi connectivity index (χ3v) is 10.8. The molecule has 4 aromatic rings. The molecule has 8 nitrogen and oxygen atoms in total. The second-order valence-corrected chi connectivity index (χ2v) is 14.6. The van der Waals surface area contributed by atoms with Crippen molar-refractivity contribution in [3.05, 3.63) is 125 Å². The molecule has 1 aliphatic carbocycles. The van der Waals surface area contributed by atoms with E-state index in [2.05, 4.69) is 5.32 Å². The van der Waals surface area contributed by atoms with Crippen molar-refractivity contribution in [2.75, 3.05) is 17.5 Å². The molecule has 1 aliphatic rings. The zero-order valence-electron chi connectivity index (χ0n) is 28.7. The maximum Gasteiger partial charge on any atom is 0.264 e. The number of rotatable bonds is 14. The van der Waals surface area contributed by atoms with E-state index in [9.17, 15) is 18.0 Å². The predicted molar refractivity (Wildman–Crippen MR) is 194 cm³/mol. The van der Waals surface area contributed by atoms with Crippen molar-refractivity contribution in [2.24, 2.45) is 0 Å². The van der Waals surface area contributed by atoms with E-state index in [1.54, 1.807) is 53.4 Å². The SMILES string of the molecule is CCOc1ccccc1N(CC(=O)N(Cc1ccc(C)cc1)[C@H](Cc1ccccc1)C(=O)NC1CCCCC1)S(=O)(=O)c1ccc(C)cc1. The summed E-state index contributed by atoms with van der Waals surface area (Å²) < 4.78 is 35.9. The molecule has 1 atom stereocenters. The van der Waals surface area contributed by atoms with Crippen LogP contribution >= 0.6 is 0 Å². The van der Waals surface area contributed by atoms with E-state index in [-0.39, 0.29) is 35.5 Å². The molecule has 0 saturated heterocycles. The molecule has 0 heterocycles. The Hall–Kier alpha value is -4.63. The van der Waals surface area contributed by atoms with Crippen molar-refractivity contribution in [3.63, 3.8) is 0 Å². The van der Waals surface area contributed by atoms with Crippen molar-refractivity contribution in [1.29, 1.82) is 0 Å². The number of carbonyl (C=O) groups excluding carboxylic acids is 2. The largest absolute Gasteiger partial charge is 0.492 e. The summed E-state index contributed by atoms with van der Waals surface area (Å²) in [5.74, 6) is -0.393. The summed E-state index contributed by atoms with van der Waals surface area (Å²) in [6.07, 6.45) is 5.30. The first-order chi connectivity index (χ1) is 23.7. The van der Waals surface area contributed by atoms with Gasteiger partial charge in [-0.25, -0.2) is 8.42 Å². The first kappa shape index (κ1) is 35.7. The Morgan fingerprint density at radius 1 is 0.796 bits per heavy atom. The molecule has 5 rings (SSSR count). The molecular formula is C40H47N3O5S. The number of hydrogen-bond acceptors (Lipinski definition) is 5. The lowest BCUT2D eigenvalue weighted by Gasteiger charge is -2.35. The predicted octanol–water partition coefficient (Wildman–Crippen LogP) is 6.99. The lowest BCUT2D eigenvalue weighted by Crippen LogP contribution is -2.55. The van der Waals surface area contributed by atoms with Crippen LogP contribution < -0.4 is 14.4 Å². The second-order valence-electron chi connectivity index (χ2n) is 12.8. The van der Waals surface area contributed by atoms with Crippen LogP contribution in [0.2, 0.25) is 0 Å². The lowest BCUT2D eigenvalue weighted by molar-refractivity contribution is -0.140. The Kier molecular flexibility index (Phi) is 12.1. The van der Waals surface area contributed by atoms with Crippen LogP contribution in [-0.4, -0.2) is 50.4 Å². The highest BCUT2D eigenvalue weighted by Crippen LogP contribution is 2.33. The van der Waals surface area contributed by atoms with Crippen molar-refractivity contribution in [2.45, 2.75) is 82.8 Å². The molecule has 4 aromatic carbocycles. The Morgan fingerprint density at radius 3 is 2.06 bits per heavy atom. The van der Waals surface area contributed by atoms with Crippen LogP contribution in [0.1, 0.15) is 61.3 Å². The summed E-state index contributed by atoms with van der Waals surface area (Å²) in [7, 11) is -4.24. The monoisotopic (exact) mass is 681 g/mol. The Morgan fingerprint density at radius 2 is 1.41 bits per heavy atom. The normalized spacial score (nSPS) is 14.1. The van der Waals surface area contributed by atoms with Crippen molar-refractivity contribution in [1.82, 2.24) is 10.2 Å². The minimum atomic E-state index is -4.24. The van der Waals surface area contributed by atoms with Crippen LogP contribution in [0.25, 0.3) is 0 Å². The number of nitrogens with zero attached hydrogens (tertiary/aromatic N) is 2. The minimum absolute atomic E-state index is 0.0346. The molecule has 9 heteroatoms. The van der Waals surface area contributed by atoms with Crippen LogP contribution in [0.15, 0.2) is 108 Å². The topological polar surface area (TPSA) is 96.0 Å². The number of benzene rings is 4. The van der Waals surface area contributed by atoms with Gasteiger partial charge in [0.15, 0.2) is 0 Å². The second kappa shape index (κ2) is 16.7. The number of amides is 2. The standard InChI is InChI=1S/C40H47N3O5S/c1-4-48-38-18-12-11-17-36(38)43(49(46,47)35-25-21-31(3)22-26-35)29-39(44)42(28-33-23-19-30(2)20-24-33)37(27-32-13-7-5-8-14-32)40(45)41-34-15-9-6-10-16-34/h5,7-8,11-14,17-26,34,37H,4,6,9-10,15-16,27-29H2,1-3H3,(H,41,45)/t37-/m1/s1. The number of para-hydroxylation sites is 2. The van der Waals surface area contributed by atoms with Gasteiger partial charge >= 0.3 is 0 Å². The van der Waals surface area contributed by atoms with Gasteiger partial charge in [0.25, 0.3) is 10.0 Å². The number of aryl methyl sites for hydroxylation is 2. The molecule has 0 spiro atoms. The van der Waals surface area contributed by atoms with E-state index >= 15 is 0 Å². The van der Waals surface area contributed by atoms with Crippen molar-refractivity contribution in [3.8, 4) is 5.75 Å². The highest BCUT2D eigenvalue weighted by Gasteiger charge is 2.36. The first-order valence-electron chi connectivity index (χ1n) is 17.2. The molecule has 49 heavy (non-hydrogen) atoms. The third kappa shape index (κ3) is 9.29. The Labute approximate surface area is 291 Å². The van der Waals surface area contributed by atoms with Gasteiger partial charge in [0.2, 0.25) is 11.8 Å². The fourth-order valence-corrected chi connectivity index (χ4v) is 7.70. The fourth-order valence-electron chi connectivity index (χ4n) is 6.28. The summed E-state index contributed by atoms with van der Waals surface area (Å²) >= 11 is 0. The van der Waals surface area contributed by atoms with E-state index in [0.29, 0.717) is 12.4 Å². The number of ether oxygens (including phenoxy) is 1. The highest BCUT2D eigenvalue weighted by molar-refractivity contribution is 7.92. The van der Waals surface area contributed by atoms with E-state index in [1.165, 1.54) is 0 Å². The van der Waals surface area contributed by atoms with Gasteiger partial charge in [0.1, 0.15) is 18.3 Å². The molecule has 0 unspecified atom stereocenters. The molecule has 0 aromatic heterocycles. The summed E-state index contributed by atoms with van der Waals surface area (Å²) in [6.45, 7) is 5.60. The summed E-state index contributed by atoms with van der Waals surface area (Å²) in [6, 6.07) is 30.0. The van der Waals surface area contributed by atoms with Gasteiger partial charge in [0, 0.05) is 19.0 Å². The quantitative estimate of drug-likeness (QED) is 0.155. The molecule has 0 bridgehead atoms. The van der Waals surface area contributed by atoms with Crippen molar-refractivity contribution >= 4 is 27.5 Å². The van der Waals surface area contributed by atoms with Gasteiger partial charge < -0.3 is 15.0 Å². The lowest BCUT2D eigenvalue weighted by atomic mass is 9.94. The number of carbonyl (C=O) groups is 2. The molecule has 1 saturated carbocycles. The Bertz CT molecular complexity index is 1790. The average Bonchev–Trinajstić information content (AvgIpc) is 3.11. The van der Waals surface area contributed by atoms with Gasteiger partial charge in [0.05, 0.1) is 17.2 Å². The summed E-state index contributed by atoms with van der Waals surface area (Å²) in [5, 5.41) is 3.26. The summed E-state index contributed by atoms with van der Waals surface area (Å²) in [5.41, 5.74) is 3.97. The molecule has 258 valence electrons. The number of anilines is 1.